The molecule has 4 nitrogen and oxygen atoms in total. The normalized spacial score (nSPS) is 16.6. The number of benzene rings is 1. The van der Waals surface area contributed by atoms with Crippen molar-refractivity contribution in [2.75, 3.05) is 0 Å². The number of allylic oxidation sites excluding steroid dienone is 1. The second kappa shape index (κ2) is 5.43. The van der Waals surface area contributed by atoms with Crippen molar-refractivity contribution in [3.8, 4) is 0 Å². The third-order valence-electron chi connectivity index (χ3n) is 3.22. The molecule has 0 aromatic heterocycles. The summed E-state index contributed by atoms with van der Waals surface area (Å²) in [6.07, 6.45) is 2.07. The molecule has 1 N–H and O–H groups in total. The zero-order valence-corrected chi connectivity index (χ0v) is 11.5. The lowest BCUT2D eigenvalue weighted by Gasteiger charge is -2.26. The van der Waals surface area contributed by atoms with Crippen LogP contribution in [0.15, 0.2) is 48.6 Å². The van der Waals surface area contributed by atoms with Gasteiger partial charge in [0, 0.05) is 0 Å². The van der Waals surface area contributed by atoms with E-state index in [1.807, 2.05) is 13.8 Å². The molecule has 104 valence electrons. The predicted molar refractivity (Wildman–Crippen MR) is 76.4 cm³/mol. The number of imide groups is 1. The Bertz CT molecular complexity index is 564. The van der Waals surface area contributed by atoms with E-state index in [-0.39, 0.29) is 0 Å². The fourth-order valence-electron chi connectivity index (χ4n) is 2.32. The Morgan fingerprint density at radius 3 is 2.10 bits per heavy atom. The maximum absolute atomic E-state index is 12.3. The van der Waals surface area contributed by atoms with E-state index in [1.165, 1.54) is 6.08 Å². The minimum absolute atomic E-state index is 0.369. The minimum Gasteiger partial charge on any atom is -0.387 e. The zero-order chi connectivity index (χ0) is 14.9. The van der Waals surface area contributed by atoms with Crippen LogP contribution >= 0.6 is 0 Å². The maximum atomic E-state index is 12.3. The van der Waals surface area contributed by atoms with Gasteiger partial charge in [-0.15, -0.1) is 6.58 Å². The first-order valence-corrected chi connectivity index (χ1v) is 6.40. The van der Waals surface area contributed by atoms with Crippen molar-refractivity contribution >= 4 is 11.8 Å². The number of aliphatic hydroxyl groups excluding tert-OH is 1. The third-order valence-corrected chi connectivity index (χ3v) is 3.22. The van der Waals surface area contributed by atoms with Crippen LogP contribution in [0.1, 0.15) is 34.6 Å². The second-order valence-corrected chi connectivity index (χ2v) is 4.99. The van der Waals surface area contributed by atoms with Crippen LogP contribution in [0.5, 0.6) is 0 Å². The summed E-state index contributed by atoms with van der Waals surface area (Å²) in [5, 5.41) is 10.2. The zero-order valence-electron chi connectivity index (χ0n) is 11.5. The lowest BCUT2D eigenvalue weighted by Crippen LogP contribution is -2.45. The highest BCUT2D eigenvalue weighted by molar-refractivity contribution is 6.21. The third kappa shape index (κ3) is 2.30. The number of rotatable bonds is 4. The van der Waals surface area contributed by atoms with Crippen molar-refractivity contribution in [3.05, 3.63) is 59.7 Å². The molecule has 1 aliphatic rings. The van der Waals surface area contributed by atoms with Gasteiger partial charge in [0.25, 0.3) is 11.8 Å². The van der Waals surface area contributed by atoms with Crippen LogP contribution in [-0.4, -0.2) is 34.0 Å². The molecule has 1 heterocycles. The molecule has 20 heavy (non-hydrogen) atoms. The number of hydrogen-bond acceptors (Lipinski definition) is 3. The van der Waals surface area contributed by atoms with Crippen molar-refractivity contribution in [2.45, 2.75) is 26.0 Å². The van der Waals surface area contributed by atoms with Crippen LogP contribution in [-0.2, 0) is 0 Å². The molecular weight excluding hydrogens is 254 g/mol. The SMILES string of the molecule is C=C[C@H]([C@@H](O)C=C(C)C)N1C(=O)c2ccccc2C1=O. The summed E-state index contributed by atoms with van der Waals surface area (Å²) in [7, 11) is 0. The molecule has 0 unspecified atom stereocenters. The van der Waals surface area contributed by atoms with E-state index >= 15 is 0 Å². The van der Waals surface area contributed by atoms with Gasteiger partial charge in [-0.3, -0.25) is 14.5 Å². The molecule has 0 fully saturated rings. The number of hydrogen-bond donors (Lipinski definition) is 1. The van der Waals surface area contributed by atoms with Crippen molar-refractivity contribution in [2.24, 2.45) is 0 Å². The molecule has 0 radical (unpaired) electrons. The quantitative estimate of drug-likeness (QED) is 0.674. The summed E-state index contributed by atoms with van der Waals surface area (Å²) in [5.74, 6) is -0.784. The fraction of sp³-hybridized carbons (Fsp3) is 0.250. The standard InChI is InChI=1S/C16H17NO3/c1-4-13(14(18)9-10(2)3)17-15(19)11-7-5-6-8-12(11)16(17)20/h4-9,13-14,18H,1H2,2-3H3/t13-,14+/m1/s1. The Labute approximate surface area is 118 Å². The van der Waals surface area contributed by atoms with E-state index in [2.05, 4.69) is 6.58 Å². The van der Waals surface area contributed by atoms with Gasteiger partial charge in [0.1, 0.15) is 0 Å². The topological polar surface area (TPSA) is 57.6 Å². The lowest BCUT2D eigenvalue weighted by atomic mass is 10.1. The van der Waals surface area contributed by atoms with Crippen molar-refractivity contribution in [1.29, 1.82) is 0 Å². The predicted octanol–water partition coefficient (Wildman–Crippen LogP) is 2.16. The number of carbonyl (C=O) groups excluding carboxylic acids is 2. The van der Waals surface area contributed by atoms with Crippen molar-refractivity contribution in [3.63, 3.8) is 0 Å². The molecule has 2 atom stereocenters. The highest BCUT2D eigenvalue weighted by atomic mass is 16.3. The van der Waals surface area contributed by atoms with Gasteiger partial charge in [-0.05, 0) is 26.0 Å². The van der Waals surface area contributed by atoms with E-state index in [9.17, 15) is 14.7 Å². The molecular formula is C16H17NO3. The highest BCUT2D eigenvalue weighted by Crippen LogP contribution is 2.26. The number of nitrogens with zero attached hydrogens (tertiary/aromatic N) is 1. The van der Waals surface area contributed by atoms with Gasteiger partial charge >= 0.3 is 0 Å². The molecule has 0 spiro atoms. The fourth-order valence-corrected chi connectivity index (χ4v) is 2.32. The Hall–Kier alpha value is -2.20. The minimum atomic E-state index is -0.959. The van der Waals surface area contributed by atoms with Crippen molar-refractivity contribution in [1.82, 2.24) is 4.90 Å². The molecule has 1 aromatic carbocycles. The first-order valence-electron chi connectivity index (χ1n) is 6.40. The van der Waals surface area contributed by atoms with E-state index < -0.39 is 24.0 Å². The molecule has 4 heteroatoms. The average molecular weight is 271 g/mol. The van der Waals surface area contributed by atoms with Crippen LogP contribution in [0.25, 0.3) is 0 Å². The summed E-state index contributed by atoms with van der Waals surface area (Å²) in [6, 6.07) is 5.88. The first kappa shape index (κ1) is 14.2. The summed E-state index contributed by atoms with van der Waals surface area (Å²) in [4.78, 5) is 25.7. The van der Waals surface area contributed by atoms with Gasteiger partial charge in [0.05, 0.1) is 23.3 Å². The average Bonchev–Trinajstić information content (AvgIpc) is 2.65. The van der Waals surface area contributed by atoms with E-state index in [0.29, 0.717) is 11.1 Å². The van der Waals surface area contributed by atoms with Crippen LogP contribution in [0, 0.1) is 0 Å². The Morgan fingerprint density at radius 2 is 1.70 bits per heavy atom. The molecule has 0 bridgehead atoms. The number of carbonyl (C=O) groups is 2. The molecule has 1 aliphatic heterocycles. The Kier molecular flexibility index (Phi) is 3.86. The number of fused-ring (bicyclic) bond motifs is 1. The van der Waals surface area contributed by atoms with Crippen LogP contribution in [0.4, 0.5) is 0 Å². The van der Waals surface area contributed by atoms with Gasteiger partial charge in [0.15, 0.2) is 0 Å². The van der Waals surface area contributed by atoms with Gasteiger partial charge in [0.2, 0.25) is 0 Å². The largest absolute Gasteiger partial charge is 0.387 e. The van der Waals surface area contributed by atoms with Crippen LogP contribution in [0.3, 0.4) is 0 Å². The maximum Gasteiger partial charge on any atom is 0.262 e. The van der Waals surface area contributed by atoms with Gasteiger partial charge < -0.3 is 5.11 Å². The van der Waals surface area contributed by atoms with Gasteiger partial charge in [-0.2, -0.15) is 0 Å². The molecule has 0 aliphatic carbocycles. The second-order valence-electron chi connectivity index (χ2n) is 4.99. The smallest absolute Gasteiger partial charge is 0.262 e. The molecule has 1 aromatic rings. The van der Waals surface area contributed by atoms with Crippen LogP contribution < -0.4 is 0 Å². The van der Waals surface area contributed by atoms with E-state index in [1.54, 1.807) is 30.3 Å². The number of amides is 2. The molecule has 0 saturated heterocycles. The molecule has 2 amide bonds. The molecule has 2 rings (SSSR count). The highest BCUT2D eigenvalue weighted by Gasteiger charge is 2.40. The Balaban J connectivity index is 2.39. The van der Waals surface area contributed by atoms with E-state index in [4.69, 9.17) is 0 Å². The number of aliphatic hydroxyl groups is 1. The van der Waals surface area contributed by atoms with E-state index in [0.717, 1.165) is 10.5 Å². The summed E-state index contributed by atoms with van der Waals surface area (Å²) >= 11 is 0. The Morgan fingerprint density at radius 1 is 1.20 bits per heavy atom. The summed E-state index contributed by atoms with van der Waals surface area (Å²) < 4.78 is 0. The first-order chi connectivity index (χ1) is 9.47. The summed E-state index contributed by atoms with van der Waals surface area (Å²) in [5.41, 5.74) is 1.64. The lowest BCUT2D eigenvalue weighted by molar-refractivity contribution is 0.0500. The monoisotopic (exact) mass is 271 g/mol. The van der Waals surface area contributed by atoms with Crippen molar-refractivity contribution < 1.29 is 14.7 Å². The van der Waals surface area contributed by atoms with Crippen LogP contribution in [0.2, 0.25) is 0 Å². The van der Waals surface area contributed by atoms with Gasteiger partial charge in [-0.1, -0.05) is 29.9 Å². The van der Waals surface area contributed by atoms with Gasteiger partial charge in [-0.25, -0.2) is 0 Å². The molecule has 0 saturated carbocycles. The summed E-state index contributed by atoms with van der Waals surface area (Å²) in [6.45, 7) is 7.31.